The second-order valence-electron chi connectivity index (χ2n) is 8.72. The lowest BCUT2D eigenvalue weighted by molar-refractivity contribution is -0.139. The first-order valence-corrected chi connectivity index (χ1v) is 14.1. The Labute approximate surface area is 236 Å². The van der Waals surface area contributed by atoms with Gasteiger partial charge in [0.25, 0.3) is 5.56 Å². The summed E-state index contributed by atoms with van der Waals surface area (Å²) < 4.78 is 30.1. The van der Waals surface area contributed by atoms with E-state index in [0.29, 0.717) is 69.0 Å². The number of hydrogen-bond acceptors (Lipinski definition) is 9. The number of thiazole rings is 1. The van der Waals surface area contributed by atoms with Crippen molar-refractivity contribution in [2.45, 2.75) is 40.7 Å². The molecule has 40 heavy (non-hydrogen) atoms. The van der Waals surface area contributed by atoms with Crippen molar-refractivity contribution in [3.05, 3.63) is 78.5 Å². The SMILES string of the molecule is CCOC(=O)C1=C(C)N=c2s/c(=C\c3ccc(OC)c(OCC)c3)c(=O)n2[C@@H]1c1ccc(OCC)c(OCC)c1. The summed E-state index contributed by atoms with van der Waals surface area (Å²) in [6.07, 6.45) is 1.79. The lowest BCUT2D eigenvalue weighted by atomic mass is 9.95. The number of benzene rings is 2. The van der Waals surface area contributed by atoms with Crippen LogP contribution in [0.25, 0.3) is 6.08 Å². The summed E-state index contributed by atoms with van der Waals surface area (Å²) in [5.74, 6) is 1.79. The zero-order valence-corrected chi connectivity index (χ0v) is 24.4. The van der Waals surface area contributed by atoms with Gasteiger partial charge >= 0.3 is 5.97 Å². The lowest BCUT2D eigenvalue weighted by Crippen LogP contribution is -2.40. The van der Waals surface area contributed by atoms with E-state index < -0.39 is 12.0 Å². The number of ether oxygens (including phenoxy) is 5. The van der Waals surface area contributed by atoms with Crippen LogP contribution < -0.4 is 33.8 Å². The van der Waals surface area contributed by atoms with E-state index in [1.165, 1.54) is 11.3 Å². The second-order valence-corrected chi connectivity index (χ2v) is 9.73. The highest BCUT2D eigenvalue weighted by Gasteiger charge is 2.34. The maximum absolute atomic E-state index is 13.9. The Morgan fingerprint density at radius 3 is 2.23 bits per heavy atom. The molecule has 0 amide bonds. The van der Waals surface area contributed by atoms with Gasteiger partial charge in [0.1, 0.15) is 0 Å². The number of esters is 1. The normalized spacial score (nSPS) is 14.8. The Balaban J connectivity index is 1.92. The van der Waals surface area contributed by atoms with E-state index >= 15 is 0 Å². The number of fused-ring (bicyclic) bond motifs is 1. The molecular weight excluding hydrogens is 532 g/mol. The first-order valence-electron chi connectivity index (χ1n) is 13.3. The highest BCUT2D eigenvalue weighted by Crippen LogP contribution is 2.36. The molecule has 1 aliphatic rings. The Morgan fingerprint density at radius 1 is 0.925 bits per heavy atom. The lowest BCUT2D eigenvalue weighted by Gasteiger charge is -2.25. The highest BCUT2D eigenvalue weighted by molar-refractivity contribution is 7.07. The molecule has 10 heteroatoms. The van der Waals surface area contributed by atoms with Crippen LogP contribution in [-0.4, -0.2) is 44.1 Å². The fraction of sp³-hybridized carbons (Fsp3) is 0.367. The fourth-order valence-electron chi connectivity index (χ4n) is 4.55. The standard InChI is InChI=1S/C30H34N2O7S/c1-7-36-22-14-12-20(17-24(22)38-9-3)27-26(29(34)39-10-4)18(5)31-30-32(27)28(33)25(40-30)16-19-11-13-21(35-6)23(15-19)37-8-2/h11-17,27H,7-10H2,1-6H3/b25-16-/t27-/m1/s1. The summed E-state index contributed by atoms with van der Waals surface area (Å²) >= 11 is 1.25. The topological polar surface area (TPSA) is 97.6 Å². The molecule has 0 saturated carbocycles. The van der Waals surface area contributed by atoms with Crippen LogP contribution in [0.2, 0.25) is 0 Å². The number of carbonyl (C=O) groups is 1. The van der Waals surface area contributed by atoms with Gasteiger partial charge in [-0.25, -0.2) is 9.79 Å². The third-order valence-electron chi connectivity index (χ3n) is 6.19. The van der Waals surface area contributed by atoms with Crippen LogP contribution in [0.5, 0.6) is 23.0 Å². The average Bonchev–Trinajstić information content (AvgIpc) is 3.23. The van der Waals surface area contributed by atoms with Crippen LogP contribution in [0.15, 0.2) is 57.5 Å². The molecule has 0 radical (unpaired) electrons. The molecule has 1 aliphatic heterocycles. The first-order chi connectivity index (χ1) is 19.4. The Hall–Kier alpha value is -4.05. The van der Waals surface area contributed by atoms with Crippen molar-refractivity contribution in [1.82, 2.24) is 4.57 Å². The molecule has 4 rings (SSSR count). The molecule has 2 aromatic carbocycles. The summed E-state index contributed by atoms with van der Waals surface area (Å²) in [5.41, 5.74) is 1.97. The summed E-state index contributed by atoms with van der Waals surface area (Å²) in [6.45, 7) is 10.7. The van der Waals surface area contributed by atoms with Gasteiger partial charge in [-0.15, -0.1) is 0 Å². The minimum Gasteiger partial charge on any atom is -0.493 e. The largest absolute Gasteiger partial charge is 0.493 e. The molecule has 0 spiro atoms. The monoisotopic (exact) mass is 566 g/mol. The number of hydrogen-bond donors (Lipinski definition) is 0. The molecule has 0 N–H and O–H groups in total. The van der Waals surface area contributed by atoms with Crippen LogP contribution in [0.4, 0.5) is 0 Å². The van der Waals surface area contributed by atoms with Crippen LogP contribution in [0, 0.1) is 0 Å². The highest BCUT2D eigenvalue weighted by atomic mass is 32.1. The van der Waals surface area contributed by atoms with Gasteiger partial charge in [-0.1, -0.05) is 23.5 Å². The van der Waals surface area contributed by atoms with Crippen LogP contribution in [-0.2, 0) is 9.53 Å². The molecule has 212 valence electrons. The maximum Gasteiger partial charge on any atom is 0.338 e. The van der Waals surface area contributed by atoms with Gasteiger partial charge in [0.05, 0.1) is 55.4 Å². The van der Waals surface area contributed by atoms with Crippen molar-refractivity contribution in [2.24, 2.45) is 4.99 Å². The van der Waals surface area contributed by atoms with Gasteiger partial charge < -0.3 is 23.7 Å². The summed E-state index contributed by atoms with van der Waals surface area (Å²) in [5, 5.41) is 0. The minimum absolute atomic E-state index is 0.194. The minimum atomic E-state index is -0.762. The molecule has 3 aromatic rings. The van der Waals surface area contributed by atoms with Crippen molar-refractivity contribution < 1.29 is 28.5 Å². The fourth-order valence-corrected chi connectivity index (χ4v) is 5.59. The molecular formula is C30H34N2O7S. The number of rotatable bonds is 11. The first kappa shape index (κ1) is 28.9. The van der Waals surface area contributed by atoms with Gasteiger partial charge in [-0.3, -0.25) is 9.36 Å². The van der Waals surface area contributed by atoms with Crippen molar-refractivity contribution >= 4 is 23.4 Å². The van der Waals surface area contributed by atoms with Gasteiger partial charge in [0.2, 0.25) is 0 Å². The molecule has 1 aromatic heterocycles. The summed E-state index contributed by atoms with van der Waals surface area (Å²) in [4.78, 5) is 32.3. The number of methoxy groups -OCH3 is 1. The molecule has 0 unspecified atom stereocenters. The van der Waals surface area contributed by atoms with E-state index in [2.05, 4.69) is 4.99 Å². The van der Waals surface area contributed by atoms with Crippen molar-refractivity contribution in [3.8, 4) is 23.0 Å². The average molecular weight is 567 g/mol. The third kappa shape index (κ3) is 5.77. The number of nitrogens with zero attached hydrogens (tertiary/aromatic N) is 2. The molecule has 0 bridgehead atoms. The number of allylic oxidation sites excluding steroid dienone is 1. The van der Waals surface area contributed by atoms with Gasteiger partial charge in [-0.05, 0) is 76.1 Å². The van der Waals surface area contributed by atoms with Gasteiger partial charge in [-0.2, -0.15) is 0 Å². The van der Waals surface area contributed by atoms with Crippen molar-refractivity contribution in [3.63, 3.8) is 0 Å². The Kier molecular flexibility index (Phi) is 9.31. The Bertz CT molecular complexity index is 1600. The third-order valence-corrected chi connectivity index (χ3v) is 7.17. The van der Waals surface area contributed by atoms with E-state index in [0.717, 1.165) is 5.56 Å². The van der Waals surface area contributed by atoms with E-state index in [-0.39, 0.29) is 12.2 Å². The number of carbonyl (C=O) groups excluding carboxylic acids is 1. The zero-order valence-electron chi connectivity index (χ0n) is 23.6. The van der Waals surface area contributed by atoms with Gasteiger partial charge in [0.15, 0.2) is 27.8 Å². The number of aromatic nitrogens is 1. The predicted molar refractivity (Wildman–Crippen MR) is 153 cm³/mol. The zero-order chi connectivity index (χ0) is 28.8. The second kappa shape index (κ2) is 12.9. The quantitative estimate of drug-likeness (QED) is 0.324. The molecule has 2 heterocycles. The molecule has 9 nitrogen and oxygen atoms in total. The molecule has 0 fully saturated rings. The van der Waals surface area contributed by atoms with Crippen molar-refractivity contribution in [1.29, 1.82) is 0 Å². The van der Waals surface area contributed by atoms with E-state index in [1.54, 1.807) is 43.7 Å². The van der Waals surface area contributed by atoms with Crippen LogP contribution in [0.3, 0.4) is 0 Å². The summed E-state index contributed by atoms with van der Waals surface area (Å²) in [7, 11) is 1.58. The van der Waals surface area contributed by atoms with E-state index in [4.69, 9.17) is 23.7 Å². The molecule has 0 aliphatic carbocycles. The molecule has 1 atom stereocenters. The maximum atomic E-state index is 13.9. The van der Waals surface area contributed by atoms with Gasteiger partial charge in [0, 0.05) is 0 Å². The van der Waals surface area contributed by atoms with Crippen LogP contribution in [0.1, 0.15) is 51.8 Å². The van der Waals surface area contributed by atoms with Crippen molar-refractivity contribution in [2.75, 3.05) is 33.5 Å². The predicted octanol–water partition coefficient (Wildman–Crippen LogP) is 4.00. The summed E-state index contributed by atoms with van der Waals surface area (Å²) in [6, 6.07) is 10.2. The smallest absolute Gasteiger partial charge is 0.338 e. The van der Waals surface area contributed by atoms with E-state index in [9.17, 15) is 9.59 Å². The van der Waals surface area contributed by atoms with E-state index in [1.807, 2.05) is 45.0 Å². The van der Waals surface area contributed by atoms with Crippen LogP contribution >= 0.6 is 11.3 Å². The Morgan fingerprint density at radius 2 is 1.57 bits per heavy atom. The molecule has 0 saturated heterocycles.